The maximum atomic E-state index is 12.3. The minimum absolute atomic E-state index is 0.0334. The lowest BCUT2D eigenvalue weighted by Gasteiger charge is -2.59. The van der Waals surface area contributed by atoms with E-state index in [1.54, 1.807) is 7.11 Å². The average molecular weight is 367 g/mol. The lowest BCUT2D eigenvalue weighted by Crippen LogP contribution is -2.69. The summed E-state index contributed by atoms with van der Waals surface area (Å²) in [4.78, 5) is 16.7. The van der Waals surface area contributed by atoms with Gasteiger partial charge in [0.1, 0.15) is 0 Å². The van der Waals surface area contributed by atoms with Crippen LogP contribution in [0.5, 0.6) is 0 Å². The van der Waals surface area contributed by atoms with Gasteiger partial charge in [-0.05, 0) is 46.5 Å². The molecule has 4 atom stereocenters. The van der Waals surface area contributed by atoms with E-state index in [-0.39, 0.29) is 34.9 Å². The normalized spacial score (nSPS) is 34.2. The molecule has 150 valence electrons. The van der Waals surface area contributed by atoms with E-state index in [0.29, 0.717) is 6.04 Å². The zero-order valence-corrected chi connectivity index (χ0v) is 17.6. The molecule has 2 rings (SSSR count). The van der Waals surface area contributed by atoms with Gasteiger partial charge >= 0.3 is 0 Å². The monoisotopic (exact) mass is 366 g/mol. The predicted octanol–water partition coefficient (Wildman–Crippen LogP) is 2.44. The van der Waals surface area contributed by atoms with Crippen LogP contribution in [-0.2, 0) is 9.53 Å². The van der Waals surface area contributed by atoms with Crippen LogP contribution < -0.4 is 16.0 Å². The second kappa shape index (κ2) is 8.15. The molecule has 0 bridgehead atoms. The quantitative estimate of drug-likeness (QED) is 0.516. The van der Waals surface area contributed by atoms with Gasteiger partial charge in [0.2, 0.25) is 5.91 Å². The van der Waals surface area contributed by atoms with Crippen molar-refractivity contribution in [2.75, 3.05) is 14.2 Å². The van der Waals surface area contributed by atoms with E-state index in [0.717, 1.165) is 38.1 Å². The van der Waals surface area contributed by atoms with Crippen molar-refractivity contribution in [1.82, 2.24) is 16.0 Å². The zero-order chi connectivity index (χ0) is 19.5. The Balaban J connectivity index is 1.89. The van der Waals surface area contributed by atoms with Crippen molar-refractivity contribution < 1.29 is 9.53 Å². The number of nitrogens with one attached hydrogen (secondary N) is 3. The van der Waals surface area contributed by atoms with E-state index in [9.17, 15) is 4.79 Å². The number of carbonyl (C=O) groups is 1. The largest absolute Gasteiger partial charge is 0.378 e. The predicted molar refractivity (Wildman–Crippen MR) is 106 cm³/mol. The average Bonchev–Trinajstić information content (AvgIpc) is 2.59. The molecule has 0 aromatic rings. The van der Waals surface area contributed by atoms with Gasteiger partial charge in [0, 0.05) is 43.6 Å². The number of hydrogen-bond acceptors (Lipinski definition) is 3. The van der Waals surface area contributed by atoms with Crippen molar-refractivity contribution in [3.05, 3.63) is 0 Å². The second-order valence-corrected chi connectivity index (χ2v) is 9.00. The van der Waals surface area contributed by atoms with Crippen molar-refractivity contribution >= 4 is 11.9 Å². The Hall–Kier alpha value is -1.30. The Bertz CT molecular complexity index is 532. The van der Waals surface area contributed by atoms with Gasteiger partial charge in [-0.25, -0.2) is 0 Å². The minimum atomic E-state index is -0.103. The van der Waals surface area contributed by atoms with Gasteiger partial charge < -0.3 is 20.7 Å². The molecule has 2 fully saturated rings. The number of rotatable bonds is 5. The summed E-state index contributed by atoms with van der Waals surface area (Å²) >= 11 is 0. The topological polar surface area (TPSA) is 74.8 Å². The van der Waals surface area contributed by atoms with E-state index in [1.807, 2.05) is 20.9 Å². The molecule has 2 aliphatic carbocycles. The molecule has 0 aromatic heterocycles. The summed E-state index contributed by atoms with van der Waals surface area (Å²) in [5.74, 6) is 1.11. The van der Waals surface area contributed by atoms with Crippen LogP contribution in [0, 0.1) is 11.3 Å². The molecule has 26 heavy (non-hydrogen) atoms. The van der Waals surface area contributed by atoms with E-state index < -0.39 is 0 Å². The van der Waals surface area contributed by atoms with Crippen LogP contribution in [0.3, 0.4) is 0 Å². The van der Waals surface area contributed by atoms with Gasteiger partial charge in [-0.2, -0.15) is 0 Å². The number of amides is 1. The van der Waals surface area contributed by atoms with Crippen LogP contribution in [0.25, 0.3) is 0 Å². The fourth-order valence-corrected chi connectivity index (χ4v) is 4.21. The maximum Gasteiger partial charge on any atom is 0.223 e. The number of nitrogens with zero attached hydrogens (tertiary/aromatic N) is 1. The molecular formula is C20H38N4O2. The molecule has 2 saturated carbocycles. The summed E-state index contributed by atoms with van der Waals surface area (Å²) in [6, 6.07) is 0.804. The van der Waals surface area contributed by atoms with Crippen molar-refractivity contribution in [2.24, 2.45) is 16.3 Å². The summed E-state index contributed by atoms with van der Waals surface area (Å²) in [5, 5.41) is 10.2. The zero-order valence-electron chi connectivity index (χ0n) is 17.6. The first-order valence-electron chi connectivity index (χ1n) is 9.98. The first-order valence-corrected chi connectivity index (χ1v) is 9.98. The van der Waals surface area contributed by atoms with Gasteiger partial charge in [0.15, 0.2) is 5.96 Å². The van der Waals surface area contributed by atoms with E-state index in [1.165, 1.54) is 0 Å². The summed E-state index contributed by atoms with van der Waals surface area (Å²) in [7, 11) is 3.59. The molecule has 0 heterocycles. The number of aliphatic imine (C=N–C) groups is 1. The van der Waals surface area contributed by atoms with Crippen molar-refractivity contribution in [2.45, 2.75) is 90.4 Å². The van der Waals surface area contributed by atoms with E-state index in [4.69, 9.17) is 4.74 Å². The number of methoxy groups -OCH3 is 1. The fraction of sp³-hybridized carbons (Fsp3) is 0.900. The SMILES string of the molecule is CN=C(NC1CCCC(C(=O)NC(C)C)C1)NC1CC(C)(OC)C1(C)C. The number of ether oxygens (including phenoxy) is 1. The number of guanidine groups is 1. The molecule has 1 amide bonds. The lowest BCUT2D eigenvalue weighted by atomic mass is 9.56. The van der Waals surface area contributed by atoms with Crippen LogP contribution in [0.15, 0.2) is 4.99 Å². The summed E-state index contributed by atoms with van der Waals surface area (Å²) in [5.41, 5.74) is -0.0694. The third kappa shape index (κ3) is 4.33. The first kappa shape index (κ1) is 21.0. The van der Waals surface area contributed by atoms with Gasteiger partial charge in [0.05, 0.1) is 5.60 Å². The molecule has 0 aliphatic heterocycles. The third-order valence-electron chi connectivity index (χ3n) is 6.63. The van der Waals surface area contributed by atoms with Crippen molar-refractivity contribution in [1.29, 1.82) is 0 Å². The minimum Gasteiger partial charge on any atom is -0.378 e. The standard InChI is InChI=1S/C20H38N4O2/c1-13(2)22-17(25)14-9-8-10-15(11-14)23-18(21-6)24-16-12-20(5,26-7)19(16,3)4/h13-16H,8-12H2,1-7H3,(H,22,25)(H2,21,23,24). The van der Waals surface area contributed by atoms with Gasteiger partial charge in [-0.3, -0.25) is 9.79 Å². The highest BCUT2D eigenvalue weighted by molar-refractivity contribution is 5.81. The molecule has 6 heteroatoms. The molecule has 3 N–H and O–H groups in total. The fourth-order valence-electron chi connectivity index (χ4n) is 4.21. The summed E-state index contributed by atoms with van der Waals surface area (Å²) in [6.07, 6.45) is 4.95. The molecule has 0 aromatic carbocycles. The molecule has 0 spiro atoms. The van der Waals surface area contributed by atoms with E-state index >= 15 is 0 Å². The Morgan fingerprint density at radius 2 is 1.88 bits per heavy atom. The first-order chi connectivity index (χ1) is 12.1. The molecule has 0 radical (unpaired) electrons. The van der Waals surface area contributed by atoms with Gasteiger partial charge in [0.25, 0.3) is 0 Å². The Morgan fingerprint density at radius 1 is 1.19 bits per heavy atom. The number of hydrogen-bond donors (Lipinski definition) is 3. The van der Waals surface area contributed by atoms with Gasteiger partial charge in [-0.1, -0.05) is 20.3 Å². The second-order valence-electron chi connectivity index (χ2n) is 9.00. The van der Waals surface area contributed by atoms with Crippen LogP contribution in [0.1, 0.15) is 66.7 Å². The molecule has 4 unspecified atom stereocenters. The van der Waals surface area contributed by atoms with Crippen LogP contribution >= 0.6 is 0 Å². The highest BCUT2D eigenvalue weighted by Gasteiger charge is 2.58. The highest BCUT2D eigenvalue weighted by Crippen LogP contribution is 2.51. The van der Waals surface area contributed by atoms with Crippen LogP contribution in [0.4, 0.5) is 0 Å². The van der Waals surface area contributed by atoms with E-state index in [2.05, 4.69) is 41.7 Å². The van der Waals surface area contributed by atoms with Gasteiger partial charge in [-0.15, -0.1) is 0 Å². The molecule has 0 saturated heterocycles. The molecular weight excluding hydrogens is 328 g/mol. The molecule has 2 aliphatic rings. The van der Waals surface area contributed by atoms with Crippen LogP contribution in [-0.4, -0.2) is 49.8 Å². The Kier molecular flexibility index (Phi) is 6.59. The highest BCUT2D eigenvalue weighted by atomic mass is 16.5. The smallest absolute Gasteiger partial charge is 0.223 e. The third-order valence-corrected chi connectivity index (χ3v) is 6.63. The van der Waals surface area contributed by atoms with Crippen molar-refractivity contribution in [3.8, 4) is 0 Å². The van der Waals surface area contributed by atoms with Crippen LogP contribution in [0.2, 0.25) is 0 Å². The maximum absolute atomic E-state index is 12.3. The Morgan fingerprint density at radius 3 is 2.42 bits per heavy atom. The summed E-state index contributed by atoms with van der Waals surface area (Å²) in [6.45, 7) is 10.7. The Labute approximate surface area is 158 Å². The summed E-state index contributed by atoms with van der Waals surface area (Å²) < 4.78 is 5.71. The molecule has 6 nitrogen and oxygen atoms in total. The lowest BCUT2D eigenvalue weighted by molar-refractivity contribution is -0.176. The number of carbonyl (C=O) groups excluding carboxylic acids is 1. The van der Waals surface area contributed by atoms with Crippen molar-refractivity contribution in [3.63, 3.8) is 0 Å².